The van der Waals surface area contributed by atoms with Crippen LogP contribution in [0.2, 0.25) is 0 Å². The molecule has 1 aromatic carbocycles. The molecule has 0 unspecified atom stereocenters. The first kappa shape index (κ1) is 19.2. The van der Waals surface area contributed by atoms with E-state index in [1.807, 2.05) is 24.3 Å². The van der Waals surface area contributed by atoms with Gasteiger partial charge in [-0.05, 0) is 37.0 Å². The molecule has 6 nitrogen and oxygen atoms in total. The fourth-order valence-electron chi connectivity index (χ4n) is 2.88. The van der Waals surface area contributed by atoms with Crippen molar-refractivity contribution in [3.63, 3.8) is 0 Å². The highest BCUT2D eigenvalue weighted by Crippen LogP contribution is 2.16. The zero-order chi connectivity index (χ0) is 18.1. The van der Waals surface area contributed by atoms with E-state index >= 15 is 0 Å². The van der Waals surface area contributed by atoms with Crippen molar-refractivity contribution in [3.8, 4) is 5.75 Å². The monoisotopic (exact) mass is 349 g/mol. The molecular weight excluding hydrogens is 322 g/mol. The molecule has 1 aliphatic rings. The number of hydrogen-bond donors (Lipinski definition) is 0. The Hall–Kier alpha value is -2.08. The molecule has 1 aliphatic heterocycles. The molecule has 0 saturated carbocycles. The molecule has 1 fully saturated rings. The Morgan fingerprint density at radius 3 is 2.56 bits per heavy atom. The lowest BCUT2D eigenvalue weighted by atomic mass is 10.1. The molecule has 0 spiro atoms. The van der Waals surface area contributed by atoms with Crippen LogP contribution in [0.5, 0.6) is 5.75 Å². The van der Waals surface area contributed by atoms with Crippen LogP contribution in [0.25, 0.3) is 0 Å². The largest absolute Gasteiger partial charge is 0.497 e. The van der Waals surface area contributed by atoms with Crippen LogP contribution in [-0.2, 0) is 25.5 Å². The Bertz CT molecular complexity index is 551. The van der Waals surface area contributed by atoms with Crippen molar-refractivity contribution < 1.29 is 23.8 Å². The lowest BCUT2D eigenvalue weighted by Crippen LogP contribution is -2.39. The van der Waals surface area contributed by atoms with E-state index in [2.05, 4.69) is 4.74 Å². The van der Waals surface area contributed by atoms with Crippen LogP contribution in [0, 0.1) is 0 Å². The van der Waals surface area contributed by atoms with E-state index in [1.165, 1.54) is 7.11 Å². The summed E-state index contributed by atoms with van der Waals surface area (Å²) >= 11 is 0. The lowest BCUT2D eigenvalue weighted by Gasteiger charge is -2.25. The molecule has 1 aromatic rings. The number of rotatable bonds is 9. The smallest absolute Gasteiger partial charge is 0.307 e. The summed E-state index contributed by atoms with van der Waals surface area (Å²) in [5, 5.41) is 0. The van der Waals surface area contributed by atoms with Gasteiger partial charge in [0.1, 0.15) is 5.75 Å². The zero-order valence-electron chi connectivity index (χ0n) is 15.0. The van der Waals surface area contributed by atoms with Crippen LogP contribution < -0.4 is 4.74 Å². The van der Waals surface area contributed by atoms with Crippen LogP contribution >= 0.6 is 0 Å². The van der Waals surface area contributed by atoms with E-state index in [4.69, 9.17) is 9.47 Å². The van der Waals surface area contributed by atoms with Gasteiger partial charge < -0.3 is 19.1 Å². The third-order valence-corrected chi connectivity index (χ3v) is 4.40. The number of carbonyl (C=O) groups is 2. The predicted molar refractivity (Wildman–Crippen MR) is 93.5 cm³/mol. The second kappa shape index (κ2) is 10.0. The Morgan fingerprint density at radius 1 is 1.20 bits per heavy atom. The Balaban J connectivity index is 1.88. The van der Waals surface area contributed by atoms with E-state index < -0.39 is 0 Å². The van der Waals surface area contributed by atoms with Crippen molar-refractivity contribution in [2.75, 3.05) is 33.9 Å². The van der Waals surface area contributed by atoms with E-state index in [9.17, 15) is 9.59 Å². The third kappa shape index (κ3) is 6.38. The molecule has 2 rings (SSSR count). The molecule has 1 atom stereocenters. The van der Waals surface area contributed by atoms with Crippen LogP contribution in [0.3, 0.4) is 0 Å². The summed E-state index contributed by atoms with van der Waals surface area (Å²) < 4.78 is 15.5. The van der Waals surface area contributed by atoms with Crippen molar-refractivity contribution in [2.45, 2.75) is 38.2 Å². The Kier molecular flexibility index (Phi) is 7.73. The van der Waals surface area contributed by atoms with Gasteiger partial charge in [0.15, 0.2) is 0 Å². The van der Waals surface area contributed by atoms with Gasteiger partial charge in [0, 0.05) is 26.1 Å². The minimum atomic E-state index is -0.305. The molecule has 1 heterocycles. The minimum absolute atomic E-state index is 0.0372. The summed E-state index contributed by atoms with van der Waals surface area (Å²) in [6.45, 7) is 1.65. The second-order valence-electron chi connectivity index (χ2n) is 6.15. The molecule has 0 aliphatic carbocycles. The average molecular weight is 349 g/mol. The number of hydrogen-bond acceptors (Lipinski definition) is 5. The van der Waals surface area contributed by atoms with E-state index in [-0.39, 0.29) is 24.4 Å². The Labute approximate surface area is 149 Å². The number of amides is 1. The van der Waals surface area contributed by atoms with Crippen molar-refractivity contribution in [3.05, 3.63) is 29.8 Å². The SMILES string of the molecule is COC(=O)CCN(C[C@@H]1CCCO1)C(=O)CCc1ccc(OC)cc1. The third-order valence-electron chi connectivity index (χ3n) is 4.40. The van der Waals surface area contributed by atoms with Crippen LogP contribution in [0.4, 0.5) is 0 Å². The molecule has 1 saturated heterocycles. The van der Waals surface area contributed by atoms with E-state index in [0.717, 1.165) is 30.8 Å². The maximum absolute atomic E-state index is 12.6. The van der Waals surface area contributed by atoms with Gasteiger partial charge in [0.05, 0.1) is 26.7 Å². The molecule has 0 bridgehead atoms. The van der Waals surface area contributed by atoms with Gasteiger partial charge in [-0.25, -0.2) is 0 Å². The maximum atomic E-state index is 12.6. The first-order valence-corrected chi connectivity index (χ1v) is 8.71. The molecule has 0 aromatic heterocycles. The van der Waals surface area contributed by atoms with Crippen molar-refractivity contribution >= 4 is 11.9 Å². The number of esters is 1. The first-order valence-electron chi connectivity index (χ1n) is 8.71. The zero-order valence-corrected chi connectivity index (χ0v) is 15.0. The number of ether oxygens (including phenoxy) is 3. The number of benzene rings is 1. The molecule has 1 amide bonds. The predicted octanol–water partition coefficient (Wildman–Crippen LogP) is 2.20. The first-order chi connectivity index (χ1) is 12.1. The van der Waals surface area contributed by atoms with Crippen molar-refractivity contribution in [2.24, 2.45) is 0 Å². The summed E-state index contributed by atoms with van der Waals surface area (Å²) in [5.41, 5.74) is 1.08. The second-order valence-corrected chi connectivity index (χ2v) is 6.15. The minimum Gasteiger partial charge on any atom is -0.497 e. The molecular formula is C19H27NO5. The molecule has 25 heavy (non-hydrogen) atoms. The summed E-state index contributed by atoms with van der Waals surface area (Å²) in [6.07, 6.45) is 3.32. The molecule has 138 valence electrons. The van der Waals surface area contributed by atoms with Gasteiger partial charge in [-0.1, -0.05) is 12.1 Å². The summed E-state index contributed by atoms with van der Waals surface area (Å²) in [4.78, 5) is 25.8. The highest BCUT2D eigenvalue weighted by molar-refractivity contribution is 5.77. The molecule has 0 N–H and O–H groups in total. The maximum Gasteiger partial charge on any atom is 0.307 e. The van der Waals surface area contributed by atoms with Crippen LogP contribution in [0.1, 0.15) is 31.2 Å². The number of nitrogens with zero attached hydrogens (tertiary/aromatic N) is 1. The van der Waals surface area contributed by atoms with Gasteiger partial charge in [0.25, 0.3) is 0 Å². The lowest BCUT2D eigenvalue weighted by molar-refractivity contribution is -0.142. The Morgan fingerprint density at radius 2 is 1.96 bits per heavy atom. The number of methoxy groups -OCH3 is 2. The summed E-state index contributed by atoms with van der Waals surface area (Å²) in [6, 6.07) is 7.71. The quantitative estimate of drug-likeness (QED) is 0.640. The number of aryl methyl sites for hydroxylation is 1. The normalized spacial score (nSPS) is 16.5. The van der Waals surface area contributed by atoms with E-state index in [1.54, 1.807) is 12.0 Å². The van der Waals surface area contributed by atoms with Crippen molar-refractivity contribution in [1.29, 1.82) is 0 Å². The number of carbonyl (C=O) groups excluding carboxylic acids is 2. The van der Waals surface area contributed by atoms with Crippen molar-refractivity contribution in [1.82, 2.24) is 4.90 Å². The fourth-order valence-corrected chi connectivity index (χ4v) is 2.88. The van der Waals surface area contributed by atoms with Gasteiger partial charge >= 0.3 is 5.97 Å². The summed E-state index contributed by atoms with van der Waals surface area (Å²) in [5.74, 6) is 0.531. The van der Waals surface area contributed by atoms with Crippen LogP contribution in [0.15, 0.2) is 24.3 Å². The molecule has 0 radical (unpaired) electrons. The fraction of sp³-hybridized carbons (Fsp3) is 0.579. The van der Waals surface area contributed by atoms with E-state index in [0.29, 0.717) is 25.9 Å². The summed E-state index contributed by atoms with van der Waals surface area (Å²) in [7, 11) is 2.99. The standard InChI is InChI=1S/C19H27NO5/c1-23-16-8-5-15(6-9-16)7-10-18(21)20(12-11-19(22)24-2)14-17-4-3-13-25-17/h5-6,8-9,17H,3-4,7,10-14H2,1-2H3/t17-/m0/s1. The van der Waals surface area contributed by atoms with Gasteiger partial charge in [0.2, 0.25) is 5.91 Å². The highest BCUT2D eigenvalue weighted by atomic mass is 16.5. The average Bonchev–Trinajstić information content (AvgIpc) is 3.16. The topological polar surface area (TPSA) is 65.1 Å². The van der Waals surface area contributed by atoms with Gasteiger partial charge in [-0.2, -0.15) is 0 Å². The van der Waals surface area contributed by atoms with Gasteiger partial charge in [-0.3, -0.25) is 9.59 Å². The highest BCUT2D eigenvalue weighted by Gasteiger charge is 2.23. The van der Waals surface area contributed by atoms with Gasteiger partial charge in [-0.15, -0.1) is 0 Å². The molecule has 6 heteroatoms. The van der Waals surface area contributed by atoms with Crippen LogP contribution in [-0.4, -0.2) is 56.8 Å².